The van der Waals surface area contributed by atoms with Gasteiger partial charge >= 0.3 is 0 Å². The first-order chi connectivity index (χ1) is 16.7. The molecular weight excluding hydrogens is 466 g/mol. The predicted octanol–water partition coefficient (Wildman–Crippen LogP) is 1.96. The van der Waals surface area contributed by atoms with Crippen LogP contribution in [0.5, 0.6) is 0 Å². The maximum Gasteiger partial charge on any atom is 0.240 e. The lowest BCUT2D eigenvalue weighted by atomic mass is 9.91. The molecule has 35 heavy (non-hydrogen) atoms. The number of nitrogens with zero attached hydrogens (tertiary/aromatic N) is 4. The Balaban J connectivity index is 1.37. The number of hydrogen-bond donors (Lipinski definition) is 2. The second-order valence-electron chi connectivity index (χ2n) is 9.07. The van der Waals surface area contributed by atoms with Crippen LogP contribution in [0.15, 0.2) is 59.9 Å². The zero-order valence-electron chi connectivity index (χ0n) is 20.0. The molecule has 0 saturated carbocycles. The van der Waals surface area contributed by atoms with E-state index in [1.807, 2.05) is 12.1 Å². The molecule has 0 aliphatic carbocycles. The summed E-state index contributed by atoms with van der Waals surface area (Å²) >= 11 is 0. The highest BCUT2D eigenvalue weighted by atomic mass is 32.2. The zero-order valence-corrected chi connectivity index (χ0v) is 20.8. The van der Waals surface area contributed by atoms with Crippen LogP contribution >= 0.6 is 0 Å². The first kappa shape index (κ1) is 25.0. The Morgan fingerprint density at radius 2 is 1.97 bits per heavy atom. The molecule has 1 aliphatic rings. The Hall–Kier alpha value is -3.08. The van der Waals surface area contributed by atoms with Gasteiger partial charge in [0.05, 0.1) is 22.6 Å². The van der Waals surface area contributed by atoms with Crippen molar-refractivity contribution >= 4 is 32.5 Å². The van der Waals surface area contributed by atoms with Crippen LogP contribution < -0.4 is 9.62 Å². The third kappa shape index (κ3) is 5.77. The number of aryl methyl sites for hydroxylation is 1. The van der Waals surface area contributed by atoms with Crippen LogP contribution in [0, 0.1) is 0 Å². The zero-order chi connectivity index (χ0) is 25.1. The molecule has 186 valence electrons. The van der Waals surface area contributed by atoms with Gasteiger partial charge in [-0.15, -0.1) is 0 Å². The van der Waals surface area contributed by atoms with Crippen molar-refractivity contribution < 1.29 is 18.3 Å². The monoisotopic (exact) mass is 497 g/mol. The molecule has 4 rings (SSSR count). The van der Waals surface area contributed by atoms with Crippen LogP contribution in [0.4, 0.5) is 5.69 Å². The third-order valence-corrected chi connectivity index (χ3v) is 7.93. The maximum atomic E-state index is 12.8. The Morgan fingerprint density at radius 1 is 1.20 bits per heavy atom. The topological polar surface area (TPSA) is 116 Å². The number of hydrogen-bond acceptors (Lipinski definition) is 7. The number of benzene rings is 1. The highest BCUT2D eigenvalue weighted by Crippen LogP contribution is 2.31. The number of pyridine rings is 2. The lowest BCUT2D eigenvalue weighted by molar-refractivity contribution is -0.133. The van der Waals surface area contributed by atoms with Crippen molar-refractivity contribution in [2.75, 3.05) is 38.6 Å². The van der Waals surface area contributed by atoms with Gasteiger partial charge in [0.1, 0.15) is 0 Å². The second-order valence-corrected chi connectivity index (χ2v) is 11.0. The van der Waals surface area contributed by atoms with Gasteiger partial charge in [-0.1, -0.05) is 12.1 Å². The number of likely N-dealkylation sites (N-methyl/N-ethyl adjacent to an activating group) is 1. The minimum Gasteiger partial charge on any atom is -0.386 e. The van der Waals surface area contributed by atoms with E-state index < -0.39 is 15.6 Å². The van der Waals surface area contributed by atoms with Crippen LogP contribution in [0.1, 0.15) is 24.8 Å². The van der Waals surface area contributed by atoms with Crippen molar-refractivity contribution in [3.8, 4) is 0 Å². The summed E-state index contributed by atoms with van der Waals surface area (Å²) in [4.78, 5) is 25.4. The van der Waals surface area contributed by atoms with E-state index in [-0.39, 0.29) is 23.8 Å². The summed E-state index contributed by atoms with van der Waals surface area (Å²) in [6.07, 6.45) is 7.46. The van der Waals surface area contributed by atoms with Gasteiger partial charge in [0.25, 0.3) is 0 Å². The molecule has 2 N–H and O–H groups in total. The van der Waals surface area contributed by atoms with Gasteiger partial charge in [0.15, 0.2) is 0 Å². The minimum atomic E-state index is -3.48. The maximum absolute atomic E-state index is 12.8. The van der Waals surface area contributed by atoms with E-state index in [0.717, 1.165) is 35.1 Å². The summed E-state index contributed by atoms with van der Waals surface area (Å²) in [5.74, 6) is -0.0685. The van der Waals surface area contributed by atoms with Crippen molar-refractivity contribution in [3.05, 3.63) is 60.6 Å². The molecule has 0 spiro atoms. The summed E-state index contributed by atoms with van der Waals surface area (Å²) in [5.41, 5.74) is 1.70. The van der Waals surface area contributed by atoms with Gasteiger partial charge in [0, 0.05) is 56.2 Å². The van der Waals surface area contributed by atoms with Crippen LogP contribution in [0.25, 0.3) is 10.9 Å². The molecule has 1 atom stereocenters. The highest BCUT2D eigenvalue weighted by molar-refractivity contribution is 7.89. The molecule has 1 amide bonds. The van der Waals surface area contributed by atoms with E-state index in [9.17, 15) is 18.3 Å². The average molecular weight is 498 g/mol. The van der Waals surface area contributed by atoms with E-state index in [4.69, 9.17) is 0 Å². The van der Waals surface area contributed by atoms with Gasteiger partial charge in [-0.25, -0.2) is 13.1 Å². The van der Waals surface area contributed by atoms with Crippen LogP contribution in [0.2, 0.25) is 0 Å². The van der Waals surface area contributed by atoms with Gasteiger partial charge in [-0.3, -0.25) is 14.8 Å². The number of sulfonamides is 1. The predicted molar refractivity (Wildman–Crippen MR) is 135 cm³/mol. The number of rotatable bonds is 8. The average Bonchev–Trinajstić information content (AvgIpc) is 2.87. The molecular formula is C25H31N5O4S. The molecule has 0 radical (unpaired) electrons. The smallest absolute Gasteiger partial charge is 0.240 e. The fourth-order valence-corrected chi connectivity index (χ4v) is 5.35. The van der Waals surface area contributed by atoms with E-state index >= 15 is 0 Å². The highest BCUT2D eigenvalue weighted by Gasteiger charge is 2.36. The number of carbonyl (C=O) groups excluding carboxylic acids is 1. The standard InChI is InChI=1S/C25H31N5O4S/c1-26-35(33,34)20-7-4-19(5-8-20)6-9-24(31)29(2)17-25(32)12-3-15-30(18-25)23-11-14-28-22-10-13-27-16-21(22)23/h4-5,7-8,10-11,13-14,16,26,32H,3,6,9,12,15,17-18H2,1-2H3/t25-/m0/s1. The Bertz CT molecular complexity index is 1290. The summed E-state index contributed by atoms with van der Waals surface area (Å²) in [6, 6.07) is 10.3. The molecule has 1 aliphatic heterocycles. The number of piperidine rings is 1. The number of amides is 1. The normalized spacial score (nSPS) is 18.5. The van der Waals surface area contributed by atoms with Gasteiger partial charge in [-0.05, 0) is 56.1 Å². The number of fused-ring (bicyclic) bond motifs is 1. The van der Waals surface area contributed by atoms with E-state index in [0.29, 0.717) is 19.4 Å². The fourth-order valence-electron chi connectivity index (χ4n) is 4.62. The molecule has 1 fully saturated rings. The van der Waals surface area contributed by atoms with Crippen molar-refractivity contribution in [1.82, 2.24) is 19.6 Å². The number of β-amino-alcohol motifs (C(OH)–C–C–N with tert-alkyl or cyclic N) is 1. The Labute approximate surface area is 205 Å². The largest absolute Gasteiger partial charge is 0.386 e. The molecule has 1 saturated heterocycles. The minimum absolute atomic E-state index is 0.0685. The molecule has 0 unspecified atom stereocenters. The lowest BCUT2D eigenvalue weighted by Gasteiger charge is -2.42. The summed E-state index contributed by atoms with van der Waals surface area (Å²) in [7, 11) is -0.399. The van der Waals surface area contributed by atoms with Crippen molar-refractivity contribution in [2.45, 2.75) is 36.2 Å². The molecule has 10 heteroatoms. The third-order valence-electron chi connectivity index (χ3n) is 6.50. The van der Waals surface area contributed by atoms with E-state index in [1.165, 1.54) is 19.2 Å². The van der Waals surface area contributed by atoms with Crippen LogP contribution in [-0.4, -0.2) is 73.6 Å². The van der Waals surface area contributed by atoms with E-state index in [2.05, 4.69) is 19.6 Å². The molecule has 0 bridgehead atoms. The van der Waals surface area contributed by atoms with Gasteiger partial charge < -0.3 is 14.9 Å². The molecule has 1 aromatic carbocycles. The van der Waals surface area contributed by atoms with Crippen molar-refractivity contribution in [1.29, 1.82) is 0 Å². The number of anilines is 1. The molecule has 2 aromatic heterocycles. The van der Waals surface area contributed by atoms with Crippen molar-refractivity contribution in [3.63, 3.8) is 0 Å². The first-order valence-electron chi connectivity index (χ1n) is 11.6. The van der Waals surface area contributed by atoms with Crippen LogP contribution in [0.3, 0.4) is 0 Å². The van der Waals surface area contributed by atoms with Crippen molar-refractivity contribution in [2.24, 2.45) is 0 Å². The SMILES string of the molecule is CNS(=O)(=O)c1ccc(CCC(=O)N(C)C[C@@]2(O)CCCN(c3ccnc4ccncc34)C2)cc1. The Morgan fingerprint density at radius 3 is 2.71 bits per heavy atom. The second kappa shape index (κ2) is 10.3. The van der Waals surface area contributed by atoms with Crippen LogP contribution in [-0.2, 0) is 21.2 Å². The van der Waals surface area contributed by atoms with E-state index in [1.54, 1.807) is 42.7 Å². The molecule has 3 heterocycles. The molecule has 3 aromatic rings. The number of aliphatic hydroxyl groups is 1. The summed E-state index contributed by atoms with van der Waals surface area (Å²) in [5, 5.41) is 12.3. The number of aromatic nitrogens is 2. The number of nitrogens with one attached hydrogen (secondary N) is 1. The summed E-state index contributed by atoms with van der Waals surface area (Å²) in [6.45, 7) is 1.47. The van der Waals surface area contributed by atoms with Gasteiger partial charge in [-0.2, -0.15) is 0 Å². The Kier molecular flexibility index (Phi) is 7.34. The fraction of sp³-hybridized carbons (Fsp3) is 0.400. The first-order valence-corrected chi connectivity index (χ1v) is 13.1. The molecule has 9 nitrogen and oxygen atoms in total. The van der Waals surface area contributed by atoms with Gasteiger partial charge in [0.2, 0.25) is 15.9 Å². The summed E-state index contributed by atoms with van der Waals surface area (Å²) < 4.78 is 26.0. The number of carbonyl (C=O) groups is 1. The lowest BCUT2D eigenvalue weighted by Crippen LogP contribution is -2.54. The quantitative estimate of drug-likeness (QED) is 0.489.